The lowest BCUT2D eigenvalue weighted by molar-refractivity contribution is 0.0526. The Morgan fingerprint density at radius 1 is 1.00 bits per heavy atom. The van der Waals surface area contributed by atoms with Crippen LogP contribution in [-0.4, -0.2) is 53.7 Å². The van der Waals surface area contributed by atoms with Crippen LogP contribution in [0.3, 0.4) is 0 Å². The summed E-state index contributed by atoms with van der Waals surface area (Å²) in [6, 6.07) is 16.3. The Kier molecular flexibility index (Phi) is 6.40. The normalized spacial score (nSPS) is 13.9. The number of anilines is 2. The summed E-state index contributed by atoms with van der Waals surface area (Å²) in [7, 11) is 0. The van der Waals surface area contributed by atoms with Crippen molar-refractivity contribution in [1.82, 2.24) is 15.0 Å². The molecule has 0 saturated carbocycles. The van der Waals surface area contributed by atoms with E-state index in [1.165, 1.54) is 10.3 Å². The van der Waals surface area contributed by atoms with E-state index in [2.05, 4.69) is 39.9 Å². The molecule has 0 atom stereocenters. The van der Waals surface area contributed by atoms with E-state index >= 15 is 0 Å². The van der Waals surface area contributed by atoms with Gasteiger partial charge in [-0.3, -0.25) is 0 Å². The van der Waals surface area contributed by atoms with Crippen LogP contribution >= 0.6 is 11.3 Å². The molecule has 7 nitrogen and oxygen atoms in total. The van der Waals surface area contributed by atoms with Gasteiger partial charge in [0.05, 0.1) is 16.8 Å². The van der Waals surface area contributed by atoms with Crippen LogP contribution in [0.15, 0.2) is 54.7 Å². The minimum absolute atomic E-state index is 0.309. The van der Waals surface area contributed by atoms with Crippen molar-refractivity contribution >= 4 is 38.5 Å². The SMILES string of the molecule is CCOC(=O)c1cnc(-c2ccccc2)nc1N1CCN(c2nc3ccc(CC)cc3s2)CC1. The third-order valence-corrected chi connectivity index (χ3v) is 7.07. The first-order valence-electron chi connectivity index (χ1n) is 11.6. The lowest BCUT2D eigenvalue weighted by atomic mass is 10.2. The number of hydrogen-bond acceptors (Lipinski definition) is 8. The van der Waals surface area contributed by atoms with E-state index in [4.69, 9.17) is 14.7 Å². The number of hydrogen-bond donors (Lipinski definition) is 0. The number of aryl methyl sites for hydroxylation is 1. The van der Waals surface area contributed by atoms with Crippen molar-refractivity contribution in [3.05, 3.63) is 65.9 Å². The monoisotopic (exact) mass is 473 g/mol. The van der Waals surface area contributed by atoms with Gasteiger partial charge in [0.1, 0.15) is 11.4 Å². The molecule has 0 N–H and O–H groups in total. The lowest BCUT2D eigenvalue weighted by Gasteiger charge is -2.35. The molecule has 34 heavy (non-hydrogen) atoms. The average Bonchev–Trinajstić information content (AvgIpc) is 3.32. The number of piperazine rings is 1. The first-order valence-corrected chi connectivity index (χ1v) is 12.5. The molecule has 4 aromatic rings. The number of benzene rings is 2. The van der Waals surface area contributed by atoms with Gasteiger partial charge in [0, 0.05) is 37.9 Å². The summed E-state index contributed by atoms with van der Waals surface area (Å²) in [5, 5.41) is 1.04. The highest BCUT2D eigenvalue weighted by Crippen LogP contribution is 2.31. The zero-order valence-electron chi connectivity index (χ0n) is 19.4. The molecule has 3 heterocycles. The number of nitrogens with zero attached hydrogens (tertiary/aromatic N) is 5. The standard InChI is InChI=1S/C26H27N5O2S/c1-3-18-10-11-21-22(16-18)34-26(28-21)31-14-12-30(13-15-31)24-20(25(32)33-4-2)17-27-23(29-24)19-8-6-5-7-9-19/h5-11,16-17H,3-4,12-15H2,1-2H3. The van der Waals surface area contributed by atoms with Gasteiger partial charge in [-0.1, -0.05) is 54.7 Å². The maximum absolute atomic E-state index is 12.6. The molecule has 0 radical (unpaired) electrons. The molecular weight excluding hydrogens is 446 g/mol. The number of esters is 1. The average molecular weight is 474 g/mol. The van der Waals surface area contributed by atoms with Crippen molar-refractivity contribution in [3.8, 4) is 11.4 Å². The van der Waals surface area contributed by atoms with Crippen LogP contribution in [0.4, 0.5) is 10.9 Å². The van der Waals surface area contributed by atoms with Crippen molar-refractivity contribution in [3.63, 3.8) is 0 Å². The second kappa shape index (κ2) is 9.77. The molecule has 1 aliphatic rings. The number of carbonyl (C=O) groups excluding carboxylic acids is 1. The van der Waals surface area contributed by atoms with Gasteiger partial charge in [0.25, 0.3) is 0 Å². The maximum atomic E-state index is 12.6. The topological polar surface area (TPSA) is 71.5 Å². The van der Waals surface area contributed by atoms with Crippen molar-refractivity contribution in [2.24, 2.45) is 0 Å². The second-order valence-electron chi connectivity index (χ2n) is 8.14. The molecule has 5 rings (SSSR count). The van der Waals surface area contributed by atoms with Crippen LogP contribution in [0.1, 0.15) is 29.8 Å². The fourth-order valence-electron chi connectivity index (χ4n) is 4.11. The van der Waals surface area contributed by atoms with Crippen LogP contribution in [0.5, 0.6) is 0 Å². The first-order chi connectivity index (χ1) is 16.7. The summed E-state index contributed by atoms with van der Waals surface area (Å²) in [5.41, 5.74) is 3.70. The van der Waals surface area contributed by atoms with E-state index in [0.29, 0.717) is 23.8 Å². The Hall–Kier alpha value is -3.52. The smallest absolute Gasteiger partial charge is 0.343 e. The molecule has 8 heteroatoms. The van der Waals surface area contributed by atoms with E-state index in [0.717, 1.165) is 48.8 Å². The van der Waals surface area contributed by atoms with Crippen molar-refractivity contribution in [1.29, 1.82) is 0 Å². The number of thiazole rings is 1. The number of rotatable bonds is 6. The van der Waals surface area contributed by atoms with Gasteiger partial charge >= 0.3 is 5.97 Å². The summed E-state index contributed by atoms with van der Waals surface area (Å²) >= 11 is 1.74. The Morgan fingerprint density at radius 2 is 1.76 bits per heavy atom. The van der Waals surface area contributed by atoms with Gasteiger partial charge < -0.3 is 14.5 Å². The number of aromatic nitrogens is 3. The highest BCUT2D eigenvalue weighted by molar-refractivity contribution is 7.22. The largest absolute Gasteiger partial charge is 0.462 e. The molecule has 174 valence electrons. The van der Waals surface area contributed by atoms with E-state index < -0.39 is 5.97 Å². The number of fused-ring (bicyclic) bond motifs is 1. The molecule has 1 saturated heterocycles. The summed E-state index contributed by atoms with van der Waals surface area (Å²) in [6.45, 7) is 7.34. The Morgan fingerprint density at radius 3 is 2.50 bits per heavy atom. The molecule has 2 aromatic heterocycles. The summed E-state index contributed by atoms with van der Waals surface area (Å²) in [6.07, 6.45) is 2.61. The minimum atomic E-state index is -0.391. The zero-order valence-corrected chi connectivity index (χ0v) is 20.2. The zero-order chi connectivity index (χ0) is 23.5. The molecule has 2 aromatic carbocycles. The first kappa shape index (κ1) is 22.3. The lowest BCUT2D eigenvalue weighted by Crippen LogP contribution is -2.47. The summed E-state index contributed by atoms with van der Waals surface area (Å²) in [4.78, 5) is 31.2. The molecular formula is C26H27N5O2S. The fraction of sp³-hybridized carbons (Fsp3) is 0.308. The van der Waals surface area contributed by atoms with E-state index in [-0.39, 0.29) is 0 Å². The second-order valence-corrected chi connectivity index (χ2v) is 9.15. The highest BCUT2D eigenvalue weighted by Gasteiger charge is 2.26. The van der Waals surface area contributed by atoms with Crippen LogP contribution in [0.2, 0.25) is 0 Å². The highest BCUT2D eigenvalue weighted by atomic mass is 32.1. The Labute approximate surface area is 203 Å². The third kappa shape index (κ3) is 4.46. The van der Waals surface area contributed by atoms with Crippen LogP contribution < -0.4 is 9.80 Å². The molecule has 1 aliphatic heterocycles. The molecule has 0 aliphatic carbocycles. The number of carbonyl (C=O) groups is 1. The van der Waals surface area contributed by atoms with Crippen molar-refractivity contribution in [2.45, 2.75) is 20.3 Å². The van der Waals surface area contributed by atoms with Gasteiger partial charge in [-0.05, 0) is 31.0 Å². The van der Waals surface area contributed by atoms with Crippen molar-refractivity contribution < 1.29 is 9.53 Å². The van der Waals surface area contributed by atoms with E-state index in [1.807, 2.05) is 30.3 Å². The third-order valence-electron chi connectivity index (χ3n) is 6.00. The molecule has 0 amide bonds. The molecule has 0 unspecified atom stereocenters. The predicted molar refractivity (Wildman–Crippen MR) is 137 cm³/mol. The Balaban J connectivity index is 1.39. The molecule has 0 bridgehead atoms. The predicted octanol–water partition coefficient (Wildman–Crippen LogP) is 4.82. The Bertz CT molecular complexity index is 1300. The summed E-state index contributed by atoms with van der Waals surface area (Å²) in [5.74, 6) is 0.838. The van der Waals surface area contributed by atoms with Crippen LogP contribution in [0.25, 0.3) is 21.6 Å². The van der Waals surface area contributed by atoms with Crippen molar-refractivity contribution in [2.75, 3.05) is 42.6 Å². The summed E-state index contributed by atoms with van der Waals surface area (Å²) < 4.78 is 6.51. The fourth-order valence-corrected chi connectivity index (χ4v) is 5.20. The molecule has 1 fully saturated rings. The van der Waals surface area contributed by atoms with Gasteiger partial charge in [0.15, 0.2) is 11.0 Å². The van der Waals surface area contributed by atoms with Crippen LogP contribution in [-0.2, 0) is 11.2 Å². The van der Waals surface area contributed by atoms with Gasteiger partial charge in [-0.25, -0.2) is 19.7 Å². The minimum Gasteiger partial charge on any atom is -0.462 e. The van der Waals surface area contributed by atoms with E-state index in [1.54, 1.807) is 24.5 Å². The quantitative estimate of drug-likeness (QED) is 0.372. The molecule has 0 spiro atoms. The van der Waals surface area contributed by atoms with Gasteiger partial charge in [-0.2, -0.15) is 0 Å². The van der Waals surface area contributed by atoms with Gasteiger partial charge in [0.2, 0.25) is 0 Å². The number of ether oxygens (including phenoxy) is 1. The van der Waals surface area contributed by atoms with Crippen LogP contribution in [0, 0.1) is 0 Å². The van der Waals surface area contributed by atoms with E-state index in [9.17, 15) is 4.79 Å². The maximum Gasteiger partial charge on any atom is 0.343 e. The van der Waals surface area contributed by atoms with Gasteiger partial charge in [-0.15, -0.1) is 0 Å².